The molecule has 0 amide bonds. The first-order valence-electron chi connectivity index (χ1n) is 7.09. The third-order valence-corrected chi connectivity index (χ3v) is 3.69. The molecule has 106 valence electrons. The summed E-state index contributed by atoms with van der Waals surface area (Å²) < 4.78 is 5.77. The number of rotatable bonds is 4. The van der Waals surface area contributed by atoms with E-state index >= 15 is 0 Å². The van der Waals surface area contributed by atoms with Gasteiger partial charge in [0, 0.05) is 0 Å². The van der Waals surface area contributed by atoms with Crippen LogP contribution in [0.15, 0.2) is 24.3 Å². The highest BCUT2D eigenvalue weighted by atomic mass is 16.5. The van der Waals surface area contributed by atoms with Crippen LogP contribution in [0.3, 0.4) is 0 Å². The van der Waals surface area contributed by atoms with Crippen molar-refractivity contribution in [2.45, 2.75) is 57.8 Å². The van der Waals surface area contributed by atoms with Crippen molar-refractivity contribution in [1.82, 2.24) is 0 Å². The second-order valence-corrected chi connectivity index (χ2v) is 6.49. The molecule has 0 saturated heterocycles. The van der Waals surface area contributed by atoms with Crippen molar-refractivity contribution in [3.8, 4) is 5.75 Å². The molecule has 0 aliphatic heterocycles. The van der Waals surface area contributed by atoms with E-state index in [2.05, 4.69) is 0 Å². The van der Waals surface area contributed by atoms with Crippen LogP contribution in [0.25, 0.3) is 0 Å². The molecule has 2 atom stereocenters. The van der Waals surface area contributed by atoms with E-state index in [9.17, 15) is 5.11 Å². The normalized spacial score (nSPS) is 19.6. The highest BCUT2D eigenvalue weighted by molar-refractivity contribution is 5.30. The van der Waals surface area contributed by atoms with Crippen LogP contribution in [0.4, 0.5) is 0 Å². The Morgan fingerprint density at radius 1 is 1.21 bits per heavy atom. The van der Waals surface area contributed by atoms with Crippen molar-refractivity contribution in [3.63, 3.8) is 0 Å². The predicted octanol–water partition coefficient (Wildman–Crippen LogP) is 3.02. The van der Waals surface area contributed by atoms with Gasteiger partial charge in [-0.2, -0.15) is 0 Å². The molecule has 0 aromatic heterocycles. The second-order valence-electron chi connectivity index (χ2n) is 6.49. The SMILES string of the molecule is CC(C)(C)Oc1ccc([C@@H](N)[C@@H](O)C2CCC2)cc1. The average molecular weight is 263 g/mol. The minimum absolute atomic E-state index is 0.199. The van der Waals surface area contributed by atoms with E-state index in [0.717, 1.165) is 24.2 Å². The molecule has 1 aliphatic rings. The van der Waals surface area contributed by atoms with Crippen LogP contribution < -0.4 is 10.5 Å². The second kappa shape index (κ2) is 5.51. The summed E-state index contributed by atoms with van der Waals surface area (Å²) in [6.45, 7) is 6.06. The van der Waals surface area contributed by atoms with Crippen molar-refractivity contribution in [3.05, 3.63) is 29.8 Å². The summed E-state index contributed by atoms with van der Waals surface area (Å²) in [5.41, 5.74) is 6.91. The molecule has 0 radical (unpaired) electrons. The molecule has 0 spiro atoms. The summed E-state index contributed by atoms with van der Waals surface area (Å²) in [5, 5.41) is 10.2. The van der Waals surface area contributed by atoms with Crippen molar-refractivity contribution < 1.29 is 9.84 Å². The molecular weight excluding hydrogens is 238 g/mol. The van der Waals surface area contributed by atoms with E-state index < -0.39 is 6.10 Å². The van der Waals surface area contributed by atoms with Gasteiger partial charge in [0.25, 0.3) is 0 Å². The van der Waals surface area contributed by atoms with Gasteiger partial charge in [0.1, 0.15) is 11.4 Å². The minimum Gasteiger partial charge on any atom is -0.488 e. The topological polar surface area (TPSA) is 55.5 Å². The Hall–Kier alpha value is -1.06. The van der Waals surface area contributed by atoms with Gasteiger partial charge in [0.2, 0.25) is 0 Å². The fourth-order valence-electron chi connectivity index (χ4n) is 2.38. The van der Waals surface area contributed by atoms with Gasteiger partial charge in [0.15, 0.2) is 0 Å². The van der Waals surface area contributed by atoms with E-state index in [0.29, 0.717) is 5.92 Å². The number of benzene rings is 1. The van der Waals surface area contributed by atoms with E-state index in [1.807, 2.05) is 45.0 Å². The molecule has 3 nitrogen and oxygen atoms in total. The number of ether oxygens (including phenoxy) is 1. The van der Waals surface area contributed by atoms with Crippen LogP contribution in [-0.4, -0.2) is 16.8 Å². The highest BCUT2D eigenvalue weighted by Gasteiger charge is 2.30. The molecule has 1 aliphatic carbocycles. The number of nitrogens with two attached hydrogens (primary N) is 1. The van der Waals surface area contributed by atoms with Crippen LogP contribution in [0, 0.1) is 5.92 Å². The van der Waals surface area contributed by atoms with Gasteiger partial charge in [-0.1, -0.05) is 18.6 Å². The Labute approximate surface area is 115 Å². The summed E-state index contributed by atoms with van der Waals surface area (Å²) in [4.78, 5) is 0. The summed E-state index contributed by atoms with van der Waals surface area (Å²) in [6, 6.07) is 7.46. The van der Waals surface area contributed by atoms with Gasteiger partial charge in [0.05, 0.1) is 12.1 Å². The molecule has 3 heteroatoms. The average Bonchev–Trinajstić information content (AvgIpc) is 2.24. The van der Waals surface area contributed by atoms with Gasteiger partial charge in [-0.15, -0.1) is 0 Å². The lowest BCUT2D eigenvalue weighted by Crippen LogP contribution is -2.36. The first kappa shape index (κ1) is 14.4. The summed E-state index contributed by atoms with van der Waals surface area (Å²) in [6.07, 6.45) is 2.98. The lowest BCUT2D eigenvalue weighted by molar-refractivity contribution is 0.0413. The maximum absolute atomic E-state index is 10.2. The van der Waals surface area contributed by atoms with Gasteiger partial charge in [-0.3, -0.25) is 0 Å². The quantitative estimate of drug-likeness (QED) is 0.878. The third-order valence-electron chi connectivity index (χ3n) is 3.69. The van der Waals surface area contributed by atoms with Gasteiger partial charge in [-0.05, 0) is 57.2 Å². The third kappa shape index (κ3) is 3.71. The fraction of sp³-hybridized carbons (Fsp3) is 0.625. The lowest BCUT2D eigenvalue weighted by atomic mass is 9.77. The van der Waals surface area contributed by atoms with E-state index in [1.54, 1.807) is 0 Å². The van der Waals surface area contributed by atoms with Crippen LogP contribution >= 0.6 is 0 Å². The molecule has 1 fully saturated rings. The zero-order chi connectivity index (χ0) is 14.0. The molecule has 0 bridgehead atoms. The summed E-state index contributed by atoms with van der Waals surface area (Å²) in [7, 11) is 0. The molecule has 1 aromatic carbocycles. The van der Waals surface area contributed by atoms with Crippen LogP contribution in [0.5, 0.6) is 5.75 Å². The number of aliphatic hydroxyl groups is 1. The molecule has 3 N–H and O–H groups in total. The zero-order valence-corrected chi connectivity index (χ0v) is 12.1. The van der Waals surface area contributed by atoms with Crippen molar-refractivity contribution in [1.29, 1.82) is 0 Å². The van der Waals surface area contributed by atoms with Crippen molar-refractivity contribution >= 4 is 0 Å². The maximum atomic E-state index is 10.2. The zero-order valence-electron chi connectivity index (χ0n) is 12.1. The van der Waals surface area contributed by atoms with E-state index in [1.165, 1.54) is 6.42 Å². The Bertz CT molecular complexity index is 404. The first-order chi connectivity index (χ1) is 8.87. The molecular formula is C16H25NO2. The molecule has 0 unspecified atom stereocenters. The van der Waals surface area contributed by atoms with Crippen LogP contribution in [-0.2, 0) is 0 Å². The van der Waals surface area contributed by atoms with Crippen LogP contribution in [0.1, 0.15) is 51.6 Å². The smallest absolute Gasteiger partial charge is 0.120 e. The number of aliphatic hydroxyl groups excluding tert-OH is 1. The summed E-state index contributed by atoms with van der Waals surface area (Å²) in [5.74, 6) is 1.21. The Balaban J connectivity index is 2.01. The number of hydrogen-bond donors (Lipinski definition) is 2. The number of hydrogen-bond acceptors (Lipinski definition) is 3. The summed E-state index contributed by atoms with van der Waals surface area (Å²) >= 11 is 0. The Morgan fingerprint density at radius 3 is 2.21 bits per heavy atom. The molecule has 0 heterocycles. The van der Waals surface area contributed by atoms with Crippen molar-refractivity contribution in [2.24, 2.45) is 11.7 Å². The van der Waals surface area contributed by atoms with E-state index in [4.69, 9.17) is 10.5 Å². The predicted molar refractivity (Wildman–Crippen MR) is 77.1 cm³/mol. The Morgan fingerprint density at radius 2 is 1.79 bits per heavy atom. The van der Waals surface area contributed by atoms with E-state index in [-0.39, 0.29) is 11.6 Å². The molecule has 1 saturated carbocycles. The van der Waals surface area contributed by atoms with Crippen molar-refractivity contribution in [2.75, 3.05) is 0 Å². The highest BCUT2D eigenvalue weighted by Crippen LogP contribution is 2.34. The minimum atomic E-state index is -0.428. The Kier molecular flexibility index (Phi) is 4.16. The van der Waals surface area contributed by atoms with Gasteiger partial charge >= 0.3 is 0 Å². The molecule has 2 rings (SSSR count). The largest absolute Gasteiger partial charge is 0.488 e. The van der Waals surface area contributed by atoms with Gasteiger partial charge in [-0.25, -0.2) is 0 Å². The molecule has 1 aromatic rings. The lowest BCUT2D eigenvalue weighted by Gasteiger charge is -2.33. The standard InChI is InChI=1S/C16H25NO2/c1-16(2,3)19-13-9-7-11(8-10-13)14(17)15(18)12-5-4-6-12/h7-10,12,14-15,18H,4-6,17H2,1-3H3/t14-,15+/m1/s1. The van der Waals surface area contributed by atoms with Gasteiger partial charge < -0.3 is 15.6 Å². The monoisotopic (exact) mass is 263 g/mol. The van der Waals surface area contributed by atoms with Crippen LogP contribution in [0.2, 0.25) is 0 Å². The first-order valence-corrected chi connectivity index (χ1v) is 7.09. The fourth-order valence-corrected chi connectivity index (χ4v) is 2.38. The molecule has 19 heavy (non-hydrogen) atoms. The maximum Gasteiger partial charge on any atom is 0.120 e.